The summed E-state index contributed by atoms with van der Waals surface area (Å²) in [5.41, 5.74) is 0. The Kier molecular flexibility index (Phi) is 4.78. The largest absolute Gasteiger partial charge is 0.469 e. The smallest absolute Gasteiger partial charge is 0.308 e. The number of piperidine rings is 1. The summed E-state index contributed by atoms with van der Waals surface area (Å²) in [5, 5.41) is 11.8. The molecule has 3 rings (SSSR count). The average molecular weight is 320 g/mol. The summed E-state index contributed by atoms with van der Waals surface area (Å²) >= 11 is 0. The molecule has 1 saturated heterocycles. The third kappa shape index (κ3) is 3.30. The Morgan fingerprint density at radius 1 is 1.35 bits per heavy atom. The molecule has 2 aliphatic rings. The molecule has 0 saturated carbocycles. The van der Waals surface area contributed by atoms with E-state index < -0.39 is 0 Å². The molecule has 0 atom stereocenters. The molecular weight excluding hydrogens is 296 g/mol. The molecule has 23 heavy (non-hydrogen) atoms. The maximum absolute atomic E-state index is 11.6. The highest BCUT2D eigenvalue weighted by atomic mass is 16.5. The maximum Gasteiger partial charge on any atom is 0.308 e. The second-order valence-corrected chi connectivity index (χ2v) is 5.97. The van der Waals surface area contributed by atoms with Crippen molar-refractivity contribution in [1.29, 1.82) is 0 Å². The lowest BCUT2D eigenvalue weighted by atomic mass is 9.97. The molecule has 0 spiro atoms. The van der Waals surface area contributed by atoms with Crippen molar-refractivity contribution in [2.45, 2.75) is 38.8 Å². The first-order chi connectivity index (χ1) is 11.2. The van der Waals surface area contributed by atoms with E-state index in [9.17, 15) is 4.79 Å². The number of fused-ring (bicyclic) bond motifs is 1. The molecule has 0 bridgehead atoms. The summed E-state index contributed by atoms with van der Waals surface area (Å²) in [7, 11) is 3.23. The number of nitrogens with one attached hydrogen (secondary N) is 1. The molecular formula is C15H24N6O2. The van der Waals surface area contributed by atoms with E-state index in [1.165, 1.54) is 7.11 Å². The SMILES string of the molecule is CN=C(NCc1nnc2n1CCC2)N1CCC(C(=O)OC)CC1. The molecule has 0 unspecified atom stereocenters. The van der Waals surface area contributed by atoms with E-state index in [4.69, 9.17) is 4.74 Å². The third-order valence-corrected chi connectivity index (χ3v) is 4.63. The van der Waals surface area contributed by atoms with Crippen LogP contribution in [-0.2, 0) is 29.0 Å². The van der Waals surface area contributed by atoms with Crippen LogP contribution in [0.5, 0.6) is 0 Å². The summed E-state index contributed by atoms with van der Waals surface area (Å²) < 4.78 is 7.01. The fraction of sp³-hybridized carbons (Fsp3) is 0.733. The Balaban J connectivity index is 1.54. The van der Waals surface area contributed by atoms with Gasteiger partial charge in [0.25, 0.3) is 0 Å². The highest BCUT2D eigenvalue weighted by Gasteiger charge is 2.27. The summed E-state index contributed by atoms with van der Waals surface area (Å²) in [5.74, 6) is 2.79. The van der Waals surface area contributed by atoms with Crippen molar-refractivity contribution in [2.75, 3.05) is 27.2 Å². The van der Waals surface area contributed by atoms with Gasteiger partial charge in [-0.05, 0) is 19.3 Å². The van der Waals surface area contributed by atoms with E-state index in [0.29, 0.717) is 6.54 Å². The number of aryl methyl sites for hydroxylation is 1. The number of nitrogens with zero attached hydrogens (tertiary/aromatic N) is 5. The zero-order chi connectivity index (χ0) is 16.2. The van der Waals surface area contributed by atoms with E-state index in [-0.39, 0.29) is 11.9 Å². The van der Waals surface area contributed by atoms with Gasteiger partial charge in [0.15, 0.2) is 11.8 Å². The summed E-state index contributed by atoms with van der Waals surface area (Å²) in [4.78, 5) is 18.1. The monoisotopic (exact) mass is 320 g/mol. The van der Waals surface area contributed by atoms with Crippen molar-refractivity contribution in [3.05, 3.63) is 11.6 Å². The minimum atomic E-state index is -0.105. The van der Waals surface area contributed by atoms with Crippen LogP contribution in [0.1, 0.15) is 30.9 Å². The van der Waals surface area contributed by atoms with Gasteiger partial charge in [-0.1, -0.05) is 0 Å². The second kappa shape index (κ2) is 6.97. The highest BCUT2D eigenvalue weighted by molar-refractivity contribution is 5.80. The van der Waals surface area contributed by atoms with E-state index in [2.05, 4.69) is 30.0 Å². The van der Waals surface area contributed by atoms with Crippen molar-refractivity contribution < 1.29 is 9.53 Å². The van der Waals surface area contributed by atoms with Gasteiger partial charge in [0.2, 0.25) is 0 Å². The molecule has 126 valence electrons. The Morgan fingerprint density at radius 3 is 2.83 bits per heavy atom. The number of methoxy groups -OCH3 is 1. The number of esters is 1. The minimum absolute atomic E-state index is 0.00845. The normalized spacial score (nSPS) is 18.9. The van der Waals surface area contributed by atoms with Gasteiger partial charge in [-0.15, -0.1) is 10.2 Å². The summed E-state index contributed by atoms with van der Waals surface area (Å²) in [6.45, 7) is 3.23. The fourth-order valence-electron chi connectivity index (χ4n) is 3.33. The van der Waals surface area contributed by atoms with Gasteiger partial charge in [-0.2, -0.15) is 0 Å². The van der Waals surface area contributed by atoms with Crippen LogP contribution in [0.15, 0.2) is 4.99 Å². The predicted octanol–water partition coefficient (Wildman–Crippen LogP) is 0.185. The number of ether oxygens (including phenoxy) is 1. The van der Waals surface area contributed by atoms with Crippen molar-refractivity contribution in [3.63, 3.8) is 0 Å². The number of likely N-dealkylation sites (tertiary alicyclic amines) is 1. The topological polar surface area (TPSA) is 84.6 Å². The molecule has 8 nitrogen and oxygen atoms in total. The first-order valence-corrected chi connectivity index (χ1v) is 8.17. The number of hydrogen-bond donors (Lipinski definition) is 1. The maximum atomic E-state index is 11.6. The van der Waals surface area contributed by atoms with Crippen LogP contribution >= 0.6 is 0 Å². The predicted molar refractivity (Wildman–Crippen MR) is 84.9 cm³/mol. The van der Waals surface area contributed by atoms with Crippen LogP contribution in [-0.4, -0.2) is 58.8 Å². The lowest BCUT2D eigenvalue weighted by Crippen LogP contribution is -2.46. The van der Waals surface area contributed by atoms with Gasteiger partial charge in [-0.3, -0.25) is 9.79 Å². The lowest BCUT2D eigenvalue weighted by molar-refractivity contribution is -0.146. The first-order valence-electron chi connectivity index (χ1n) is 8.17. The molecule has 2 aliphatic heterocycles. The zero-order valence-electron chi connectivity index (χ0n) is 13.8. The van der Waals surface area contributed by atoms with Gasteiger partial charge in [-0.25, -0.2) is 0 Å². The van der Waals surface area contributed by atoms with Crippen molar-refractivity contribution in [1.82, 2.24) is 25.0 Å². The Labute approximate surface area is 135 Å². The molecule has 3 heterocycles. The van der Waals surface area contributed by atoms with Gasteiger partial charge in [0, 0.05) is 33.1 Å². The Morgan fingerprint density at radius 2 is 2.13 bits per heavy atom. The number of guanidine groups is 1. The number of aromatic nitrogens is 3. The molecule has 0 aliphatic carbocycles. The summed E-state index contributed by atoms with van der Waals surface area (Å²) in [6, 6.07) is 0. The molecule has 1 fully saturated rings. The molecule has 1 aromatic rings. The van der Waals surface area contributed by atoms with Gasteiger partial charge in [0.1, 0.15) is 5.82 Å². The van der Waals surface area contributed by atoms with E-state index in [1.54, 1.807) is 7.05 Å². The van der Waals surface area contributed by atoms with E-state index >= 15 is 0 Å². The van der Waals surface area contributed by atoms with Crippen LogP contribution in [0.2, 0.25) is 0 Å². The Hall–Kier alpha value is -2.12. The zero-order valence-corrected chi connectivity index (χ0v) is 13.8. The van der Waals surface area contributed by atoms with Crippen LogP contribution in [0.25, 0.3) is 0 Å². The molecule has 1 N–H and O–H groups in total. The quantitative estimate of drug-likeness (QED) is 0.486. The molecule has 8 heteroatoms. The number of carbonyl (C=O) groups is 1. The number of carbonyl (C=O) groups excluding carboxylic acids is 1. The number of hydrogen-bond acceptors (Lipinski definition) is 5. The molecule has 0 aromatic carbocycles. The Bertz CT molecular complexity index is 589. The summed E-state index contributed by atoms with van der Waals surface area (Å²) in [6.07, 6.45) is 3.76. The molecule has 1 aromatic heterocycles. The lowest BCUT2D eigenvalue weighted by Gasteiger charge is -2.33. The fourth-order valence-corrected chi connectivity index (χ4v) is 3.33. The van der Waals surface area contributed by atoms with E-state index in [0.717, 1.165) is 62.9 Å². The third-order valence-electron chi connectivity index (χ3n) is 4.63. The van der Waals surface area contributed by atoms with Gasteiger partial charge >= 0.3 is 5.97 Å². The number of aliphatic imine (C=N–C) groups is 1. The average Bonchev–Trinajstić information content (AvgIpc) is 3.19. The standard InChI is InChI=1S/C15H24N6O2/c1-16-15(20-8-5-11(6-9-20)14(22)23-2)17-10-13-19-18-12-4-3-7-21(12)13/h11H,3-10H2,1-2H3,(H,16,17). The van der Waals surface area contributed by atoms with Crippen LogP contribution in [0.4, 0.5) is 0 Å². The minimum Gasteiger partial charge on any atom is -0.469 e. The second-order valence-electron chi connectivity index (χ2n) is 5.97. The van der Waals surface area contributed by atoms with E-state index in [1.807, 2.05) is 0 Å². The van der Waals surface area contributed by atoms with Crippen molar-refractivity contribution in [3.8, 4) is 0 Å². The van der Waals surface area contributed by atoms with Crippen LogP contribution in [0, 0.1) is 5.92 Å². The van der Waals surface area contributed by atoms with Crippen molar-refractivity contribution >= 4 is 11.9 Å². The molecule has 0 radical (unpaired) electrons. The van der Waals surface area contributed by atoms with Gasteiger partial charge < -0.3 is 19.5 Å². The first kappa shape index (κ1) is 15.8. The van der Waals surface area contributed by atoms with Crippen LogP contribution < -0.4 is 5.32 Å². The highest BCUT2D eigenvalue weighted by Crippen LogP contribution is 2.19. The van der Waals surface area contributed by atoms with Crippen LogP contribution in [0.3, 0.4) is 0 Å². The van der Waals surface area contributed by atoms with Crippen molar-refractivity contribution in [2.24, 2.45) is 10.9 Å². The van der Waals surface area contributed by atoms with Gasteiger partial charge in [0.05, 0.1) is 19.6 Å². The number of rotatable bonds is 3. The molecule has 0 amide bonds.